The normalized spacial score (nSPS) is 14.5. The summed E-state index contributed by atoms with van der Waals surface area (Å²) in [7, 11) is 0. The van der Waals surface area contributed by atoms with Crippen LogP contribution in [0, 0.1) is 0 Å². The number of rotatable bonds is 4. The lowest BCUT2D eigenvalue weighted by Crippen LogP contribution is -2.17. The molecule has 1 aromatic carbocycles. The van der Waals surface area contributed by atoms with Crippen molar-refractivity contribution >= 4 is 40.6 Å². The van der Waals surface area contributed by atoms with E-state index in [0.29, 0.717) is 16.1 Å². The number of anilines is 3. The second-order valence-electron chi connectivity index (χ2n) is 4.93. The van der Waals surface area contributed by atoms with E-state index in [1.54, 1.807) is 6.07 Å². The number of nitrogens with zero attached hydrogens (tertiary/aromatic N) is 3. The van der Waals surface area contributed by atoms with Gasteiger partial charge in [-0.1, -0.05) is 23.4 Å². The smallest absolute Gasteiger partial charge is 0.190 e. The molecule has 0 amide bonds. The lowest BCUT2D eigenvalue weighted by Gasteiger charge is -2.18. The maximum atomic E-state index is 6.00. The molecule has 1 aliphatic rings. The Morgan fingerprint density at radius 2 is 1.86 bits per heavy atom. The number of benzene rings is 1. The fourth-order valence-corrected chi connectivity index (χ4v) is 3.04. The number of hydrogen-bond acceptors (Lipinski definition) is 5. The van der Waals surface area contributed by atoms with Gasteiger partial charge in [0.2, 0.25) is 0 Å². The van der Waals surface area contributed by atoms with Crippen LogP contribution in [0.15, 0.2) is 35.5 Å². The Labute approximate surface area is 133 Å². The third-order valence-electron chi connectivity index (χ3n) is 3.47. The summed E-state index contributed by atoms with van der Waals surface area (Å²) in [4.78, 5) is 10.9. The standard InChI is InChI=1S/C15H17ClN4S/c1-21-15-18-13(16)10-14(19-15)17-11-4-6-12(7-5-11)20-8-2-3-9-20/h4-7,10H,2-3,8-9H2,1H3,(H,17,18,19). The zero-order chi connectivity index (χ0) is 14.7. The number of nitrogens with one attached hydrogen (secondary N) is 1. The third kappa shape index (κ3) is 3.60. The number of hydrogen-bond donors (Lipinski definition) is 1. The minimum Gasteiger partial charge on any atom is -0.372 e. The molecule has 6 heteroatoms. The fraction of sp³-hybridized carbons (Fsp3) is 0.333. The van der Waals surface area contributed by atoms with E-state index in [2.05, 4.69) is 44.5 Å². The maximum absolute atomic E-state index is 6.00. The van der Waals surface area contributed by atoms with Crippen molar-refractivity contribution in [2.24, 2.45) is 0 Å². The second kappa shape index (κ2) is 6.54. The zero-order valence-electron chi connectivity index (χ0n) is 11.8. The molecule has 0 radical (unpaired) electrons. The summed E-state index contributed by atoms with van der Waals surface area (Å²) in [5.41, 5.74) is 2.28. The van der Waals surface area contributed by atoms with Gasteiger partial charge in [-0.3, -0.25) is 0 Å². The minimum absolute atomic E-state index is 0.450. The Kier molecular flexibility index (Phi) is 4.51. The highest BCUT2D eigenvalue weighted by molar-refractivity contribution is 7.98. The molecule has 1 saturated heterocycles. The van der Waals surface area contributed by atoms with Gasteiger partial charge in [0.15, 0.2) is 5.16 Å². The van der Waals surface area contributed by atoms with Gasteiger partial charge in [-0.15, -0.1) is 0 Å². The summed E-state index contributed by atoms with van der Waals surface area (Å²) in [5, 5.41) is 4.38. The van der Waals surface area contributed by atoms with Crippen molar-refractivity contribution in [1.29, 1.82) is 0 Å². The van der Waals surface area contributed by atoms with Crippen LogP contribution in [0.4, 0.5) is 17.2 Å². The lowest BCUT2D eigenvalue weighted by molar-refractivity contribution is 0.949. The average Bonchev–Trinajstić information content (AvgIpc) is 3.01. The van der Waals surface area contributed by atoms with Gasteiger partial charge in [0.1, 0.15) is 11.0 Å². The molecule has 2 heterocycles. The van der Waals surface area contributed by atoms with E-state index in [0.717, 1.165) is 18.8 Å². The van der Waals surface area contributed by atoms with Gasteiger partial charge < -0.3 is 10.2 Å². The average molecular weight is 321 g/mol. The molecule has 110 valence electrons. The molecule has 1 aromatic heterocycles. The molecule has 1 aliphatic heterocycles. The minimum atomic E-state index is 0.450. The van der Waals surface area contributed by atoms with E-state index in [1.807, 2.05) is 6.26 Å². The largest absolute Gasteiger partial charge is 0.372 e. The van der Waals surface area contributed by atoms with Gasteiger partial charge in [-0.2, -0.15) is 0 Å². The van der Waals surface area contributed by atoms with Gasteiger partial charge in [-0.25, -0.2) is 9.97 Å². The predicted molar refractivity (Wildman–Crippen MR) is 90.0 cm³/mol. The van der Waals surface area contributed by atoms with Crippen molar-refractivity contribution in [3.63, 3.8) is 0 Å². The van der Waals surface area contributed by atoms with Gasteiger partial charge in [0.25, 0.3) is 0 Å². The molecule has 2 aromatic rings. The number of thioether (sulfide) groups is 1. The molecule has 0 unspecified atom stereocenters. The van der Waals surface area contributed by atoms with Crippen molar-refractivity contribution < 1.29 is 0 Å². The van der Waals surface area contributed by atoms with Gasteiger partial charge in [0.05, 0.1) is 0 Å². The Balaban J connectivity index is 1.74. The monoisotopic (exact) mass is 320 g/mol. The Hall–Kier alpha value is -1.46. The number of aromatic nitrogens is 2. The van der Waals surface area contributed by atoms with Crippen molar-refractivity contribution in [1.82, 2.24) is 9.97 Å². The highest BCUT2D eigenvalue weighted by atomic mass is 35.5. The highest BCUT2D eigenvalue weighted by Crippen LogP contribution is 2.24. The molecule has 21 heavy (non-hydrogen) atoms. The van der Waals surface area contributed by atoms with Crippen LogP contribution in [0.25, 0.3) is 0 Å². The molecule has 0 bridgehead atoms. The molecular weight excluding hydrogens is 304 g/mol. The Morgan fingerprint density at radius 3 is 2.52 bits per heavy atom. The van der Waals surface area contributed by atoms with E-state index in [9.17, 15) is 0 Å². The van der Waals surface area contributed by atoms with Crippen molar-refractivity contribution in [3.05, 3.63) is 35.5 Å². The van der Waals surface area contributed by atoms with Crippen LogP contribution >= 0.6 is 23.4 Å². The van der Waals surface area contributed by atoms with Crippen molar-refractivity contribution in [3.8, 4) is 0 Å². The van der Waals surface area contributed by atoms with E-state index < -0.39 is 0 Å². The summed E-state index contributed by atoms with van der Waals surface area (Å²) in [5.74, 6) is 0.716. The van der Waals surface area contributed by atoms with Crippen LogP contribution in [0.5, 0.6) is 0 Å². The first kappa shape index (κ1) is 14.5. The van der Waals surface area contributed by atoms with E-state index in [4.69, 9.17) is 11.6 Å². The molecule has 1 fully saturated rings. The van der Waals surface area contributed by atoms with Crippen LogP contribution in [-0.2, 0) is 0 Å². The third-order valence-corrected chi connectivity index (χ3v) is 4.21. The van der Waals surface area contributed by atoms with E-state index >= 15 is 0 Å². The Morgan fingerprint density at radius 1 is 1.14 bits per heavy atom. The molecule has 3 rings (SSSR count). The summed E-state index contributed by atoms with van der Waals surface area (Å²) in [6.07, 6.45) is 4.51. The summed E-state index contributed by atoms with van der Waals surface area (Å²) >= 11 is 7.47. The highest BCUT2D eigenvalue weighted by Gasteiger charge is 2.11. The first-order chi connectivity index (χ1) is 10.2. The molecule has 0 atom stereocenters. The van der Waals surface area contributed by atoms with E-state index in [1.165, 1.54) is 30.3 Å². The SMILES string of the molecule is CSc1nc(Cl)cc(Nc2ccc(N3CCCC3)cc2)n1. The fourth-order valence-electron chi connectivity index (χ4n) is 2.43. The summed E-state index contributed by atoms with van der Waals surface area (Å²) < 4.78 is 0. The van der Waals surface area contributed by atoms with Gasteiger partial charge in [0, 0.05) is 30.5 Å². The molecule has 0 saturated carbocycles. The van der Waals surface area contributed by atoms with Crippen molar-refractivity contribution in [2.45, 2.75) is 18.0 Å². The second-order valence-corrected chi connectivity index (χ2v) is 6.09. The first-order valence-electron chi connectivity index (χ1n) is 6.95. The molecule has 0 spiro atoms. The van der Waals surface area contributed by atoms with Crippen molar-refractivity contribution in [2.75, 3.05) is 29.6 Å². The van der Waals surface area contributed by atoms with E-state index in [-0.39, 0.29) is 0 Å². The van der Waals surface area contributed by atoms with Crippen LogP contribution in [-0.4, -0.2) is 29.3 Å². The number of halogens is 1. The summed E-state index contributed by atoms with van der Waals surface area (Å²) in [6, 6.07) is 10.2. The first-order valence-corrected chi connectivity index (χ1v) is 8.55. The van der Waals surface area contributed by atoms with Gasteiger partial charge in [-0.05, 0) is 43.4 Å². The predicted octanol–water partition coefficient (Wildman–Crippen LogP) is 4.20. The lowest BCUT2D eigenvalue weighted by atomic mass is 10.2. The maximum Gasteiger partial charge on any atom is 0.190 e. The quantitative estimate of drug-likeness (QED) is 0.519. The molecule has 1 N–H and O–H groups in total. The summed E-state index contributed by atoms with van der Waals surface area (Å²) in [6.45, 7) is 2.32. The molecule has 0 aliphatic carbocycles. The molecular formula is C15H17ClN4S. The van der Waals surface area contributed by atoms with Crippen LogP contribution in [0.1, 0.15) is 12.8 Å². The van der Waals surface area contributed by atoms with Crippen LogP contribution in [0.3, 0.4) is 0 Å². The topological polar surface area (TPSA) is 41.1 Å². The van der Waals surface area contributed by atoms with Gasteiger partial charge >= 0.3 is 0 Å². The Bertz CT molecular complexity index is 612. The van der Waals surface area contributed by atoms with Crippen LogP contribution in [0.2, 0.25) is 5.15 Å². The van der Waals surface area contributed by atoms with Crippen LogP contribution < -0.4 is 10.2 Å². The zero-order valence-corrected chi connectivity index (χ0v) is 13.4. The molecule has 4 nitrogen and oxygen atoms in total.